The van der Waals surface area contributed by atoms with Gasteiger partial charge in [0.15, 0.2) is 6.10 Å². The number of carbonyl (C=O) groups is 1. The van der Waals surface area contributed by atoms with Gasteiger partial charge >= 0.3 is 0 Å². The molecule has 0 saturated heterocycles. The van der Waals surface area contributed by atoms with Gasteiger partial charge in [-0.2, -0.15) is 0 Å². The maximum Gasteiger partial charge on any atom is 0.265 e. The predicted molar refractivity (Wildman–Crippen MR) is 97.5 cm³/mol. The third-order valence-electron chi connectivity index (χ3n) is 3.58. The number of benzene rings is 2. The molecule has 0 saturated carbocycles. The third-order valence-corrected chi connectivity index (χ3v) is 4.37. The van der Waals surface area contributed by atoms with Crippen LogP contribution in [0.1, 0.15) is 32.3 Å². The summed E-state index contributed by atoms with van der Waals surface area (Å²) in [6, 6.07) is 15.6. The van der Waals surface area contributed by atoms with E-state index in [0.717, 1.165) is 21.9 Å². The number of para-hydroxylation sites is 2. The number of hydrogen-bond acceptors (Lipinski definition) is 3. The SMILES string of the molecule is CSc1ccccc1NC(=O)[C@H](C)Oc1ccccc1C(C)C. The zero-order chi connectivity index (χ0) is 16.8. The predicted octanol–water partition coefficient (Wildman–Crippen LogP) is 4.94. The van der Waals surface area contributed by atoms with Gasteiger partial charge in [-0.05, 0) is 42.9 Å². The number of thioether (sulfide) groups is 1. The van der Waals surface area contributed by atoms with E-state index >= 15 is 0 Å². The highest BCUT2D eigenvalue weighted by atomic mass is 32.2. The Hall–Kier alpha value is -1.94. The summed E-state index contributed by atoms with van der Waals surface area (Å²) in [6.07, 6.45) is 1.42. The minimum Gasteiger partial charge on any atom is -0.481 e. The number of ether oxygens (including phenoxy) is 1. The van der Waals surface area contributed by atoms with Gasteiger partial charge in [-0.3, -0.25) is 4.79 Å². The molecule has 0 aliphatic heterocycles. The summed E-state index contributed by atoms with van der Waals surface area (Å²) in [5, 5.41) is 2.95. The molecule has 1 amide bonds. The van der Waals surface area contributed by atoms with Crippen molar-refractivity contribution in [3.8, 4) is 5.75 Å². The number of rotatable bonds is 6. The van der Waals surface area contributed by atoms with Gasteiger partial charge in [0, 0.05) is 4.90 Å². The number of amides is 1. The Morgan fingerprint density at radius 3 is 2.39 bits per heavy atom. The highest BCUT2D eigenvalue weighted by Crippen LogP contribution is 2.28. The lowest BCUT2D eigenvalue weighted by Crippen LogP contribution is -2.30. The first-order valence-electron chi connectivity index (χ1n) is 7.72. The van der Waals surface area contributed by atoms with Crippen molar-refractivity contribution < 1.29 is 9.53 Å². The van der Waals surface area contributed by atoms with Crippen LogP contribution in [-0.2, 0) is 4.79 Å². The molecule has 0 aromatic heterocycles. The van der Waals surface area contributed by atoms with Crippen molar-refractivity contribution in [3.05, 3.63) is 54.1 Å². The van der Waals surface area contributed by atoms with E-state index in [-0.39, 0.29) is 5.91 Å². The molecule has 2 aromatic rings. The van der Waals surface area contributed by atoms with E-state index in [0.29, 0.717) is 5.92 Å². The molecular weight excluding hydrogens is 306 g/mol. The fraction of sp³-hybridized carbons (Fsp3) is 0.316. The first-order chi connectivity index (χ1) is 11.0. The van der Waals surface area contributed by atoms with E-state index in [2.05, 4.69) is 19.2 Å². The highest BCUT2D eigenvalue weighted by molar-refractivity contribution is 7.98. The molecule has 2 rings (SSSR count). The van der Waals surface area contributed by atoms with Crippen molar-refractivity contribution in [2.45, 2.75) is 37.7 Å². The molecule has 0 bridgehead atoms. The molecule has 122 valence electrons. The summed E-state index contributed by atoms with van der Waals surface area (Å²) in [7, 11) is 0. The topological polar surface area (TPSA) is 38.3 Å². The fourth-order valence-electron chi connectivity index (χ4n) is 2.29. The molecule has 4 heteroatoms. The Balaban J connectivity index is 2.09. The molecule has 0 spiro atoms. The monoisotopic (exact) mass is 329 g/mol. The van der Waals surface area contributed by atoms with Crippen LogP contribution < -0.4 is 10.1 Å². The standard InChI is InChI=1S/C19H23NO2S/c1-13(2)15-9-5-7-11-17(15)22-14(3)19(21)20-16-10-6-8-12-18(16)23-4/h5-14H,1-4H3,(H,20,21)/t14-/m0/s1. The fourth-order valence-corrected chi connectivity index (χ4v) is 2.84. The van der Waals surface area contributed by atoms with E-state index in [1.165, 1.54) is 0 Å². The average molecular weight is 329 g/mol. The molecular formula is C19H23NO2S. The van der Waals surface area contributed by atoms with Gasteiger partial charge in [-0.15, -0.1) is 11.8 Å². The summed E-state index contributed by atoms with van der Waals surface area (Å²) < 4.78 is 5.90. The minimum absolute atomic E-state index is 0.148. The maximum absolute atomic E-state index is 12.4. The molecule has 2 aromatic carbocycles. The lowest BCUT2D eigenvalue weighted by molar-refractivity contribution is -0.122. The van der Waals surface area contributed by atoms with E-state index in [1.54, 1.807) is 18.7 Å². The number of hydrogen-bond donors (Lipinski definition) is 1. The molecule has 3 nitrogen and oxygen atoms in total. The molecule has 0 radical (unpaired) electrons. The van der Waals surface area contributed by atoms with E-state index < -0.39 is 6.10 Å². The van der Waals surface area contributed by atoms with Gasteiger partial charge in [0.2, 0.25) is 0 Å². The van der Waals surface area contributed by atoms with E-state index in [1.807, 2.05) is 54.8 Å². The zero-order valence-corrected chi connectivity index (χ0v) is 14.8. The summed E-state index contributed by atoms with van der Waals surface area (Å²) in [4.78, 5) is 13.5. The van der Waals surface area contributed by atoms with Crippen molar-refractivity contribution in [2.75, 3.05) is 11.6 Å². The van der Waals surface area contributed by atoms with Crippen LogP contribution in [0.2, 0.25) is 0 Å². The molecule has 0 aliphatic rings. The van der Waals surface area contributed by atoms with Gasteiger partial charge in [0.25, 0.3) is 5.91 Å². The van der Waals surface area contributed by atoms with Crippen molar-refractivity contribution >= 4 is 23.4 Å². The van der Waals surface area contributed by atoms with Crippen LogP contribution in [-0.4, -0.2) is 18.3 Å². The van der Waals surface area contributed by atoms with Crippen molar-refractivity contribution in [2.24, 2.45) is 0 Å². The molecule has 1 atom stereocenters. The van der Waals surface area contributed by atoms with Crippen LogP contribution in [0.25, 0.3) is 0 Å². The summed E-state index contributed by atoms with van der Waals surface area (Å²) >= 11 is 1.60. The molecule has 0 heterocycles. The second kappa shape index (κ2) is 8.06. The number of nitrogens with one attached hydrogen (secondary N) is 1. The molecule has 0 fully saturated rings. The molecule has 23 heavy (non-hydrogen) atoms. The smallest absolute Gasteiger partial charge is 0.265 e. The second-order valence-corrected chi connectivity index (χ2v) is 6.49. The quantitative estimate of drug-likeness (QED) is 0.763. The Bertz CT molecular complexity index is 670. The summed E-state index contributed by atoms with van der Waals surface area (Å²) in [5.41, 5.74) is 1.93. The zero-order valence-electron chi connectivity index (χ0n) is 14.0. The van der Waals surface area contributed by atoms with Crippen LogP contribution in [0.4, 0.5) is 5.69 Å². The van der Waals surface area contributed by atoms with E-state index in [9.17, 15) is 4.79 Å². The summed E-state index contributed by atoms with van der Waals surface area (Å²) in [6.45, 7) is 6.00. The second-order valence-electron chi connectivity index (χ2n) is 5.64. The number of carbonyl (C=O) groups excluding carboxylic acids is 1. The van der Waals surface area contributed by atoms with Gasteiger partial charge < -0.3 is 10.1 Å². The van der Waals surface area contributed by atoms with Crippen LogP contribution in [0.3, 0.4) is 0 Å². The van der Waals surface area contributed by atoms with Gasteiger partial charge in [0.05, 0.1) is 5.69 Å². The van der Waals surface area contributed by atoms with Gasteiger partial charge in [-0.1, -0.05) is 44.2 Å². The van der Waals surface area contributed by atoms with Crippen LogP contribution in [0.5, 0.6) is 5.75 Å². The Labute approximate surface area is 142 Å². The molecule has 0 unspecified atom stereocenters. The Morgan fingerprint density at radius 1 is 1.04 bits per heavy atom. The van der Waals surface area contributed by atoms with E-state index in [4.69, 9.17) is 4.74 Å². The van der Waals surface area contributed by atoms with Crippen LogP contribution >= 0.6 is 11.8 Å². The lowest BCUT2D eigenvalue weighted by atomic mass is 10.0. The summed E-state index contributed by atoms with van der Waals surface area (Å²) in [5.74, 6) is 0.965. The largest absolute Gasteiger partial charge is 0.481 e. The van der Waals surface area contributed by atoms with Crippen molar-refractivity contribution in [3.63, 3.8) is 0 Å². The Morgan fingerprint density at radius 2 is 1.70 bits per heavy atom. The Kier molecular flexibility index (Phi) is 6.11. The number of anilines is 1. The first kappa shape index (κ1) is 17.4. The first-order valence-corrected chi connectivity index (χ1v) is 8.95. The lowest BCUT2D eigenvalue weighted by Gasteiger charge is -2.19. The van der Waals surface area contributed by atoms with Crippen LogP contribution in [0, 0.1) is 0 Å². The normalized spacial score (nSPS) is 12.0. The van der Waals surface area contributed by atoms with Gasteiger partial charge in [0.1, 0.15) is 5.75 Å². The van der Waals surface area contributed by atoms with Gasteiger partial charge in [-0.25, -0.2) is 0 Å². The third kappa shape index (κ3) is 4.52. The average Bonchev–Trinajstić information content (AvgIpc) is 2.55. The maximum atomic E-state index is 12.4. The van der Waals surface area contributed by atoms with Crippen molar-refractivity contribution in [1.29, 1.82) is 0 Å². The molecule has 1 N–H and O–H groups in total. The minimum atomic E-state index is -0.565. The highest BCUT2D eigenvalue weighted by Gasteiger charge is 2.18. The van der Waals surface area contributed by atoms with Crippen LogP contribution in [0.15, 0.2) is 53.4 Å². The van der Waals surface area contributed by atoms with Crippen molar-refractivity contribution in [1.82, 2.24) is 0 Å². The molecule has 0 aliphatic carbocycles.